The maximum atomic E-state index is 12.4. The molecular weight excluding hydrogens is 458 g/mol. The smallest absolute Gasteiger partial charge is 0.337 e. The van der Waals surface area contributed by atoms with Crippen LogP contribution in [0.25, 0.3) is 10.9 Å². The van der Waals surface area contributed by atoms with E-state index in [1.807, 2.05) is 48.5 Å². The van der Waals surface area contributed by atoms with E-state index in [1.54, 1.807) is 23.1 Å². The summed E-state index contributed by atoms with van der Waals surface area (Å²) in [5.41, 5.74) is 5.50. The molecular formula is C28H25N3O5. The highest BCUT2D eigenvalue weighted by atomic mass is 16.5. The van der Waals surface area contributed by atoms with Crippen LogP contribution in [-0.4, -0.2) is 55.0 Å². The molecule has 0 unspecified atom stereocenters. The van der Waals surface area contributed by atoms with Crippen LogP contribution >= 0.6 is 0 Å². The lowest BCUT2D eigenvalue weighted by Gasteiger charge is -2.16. The number of hydrogen-bond donors (Lipinski definition) is 2. The monoisotopic (exact) mass is 483 g/mol. The number of carbonyl (C=O) groups excluding carboxylic acids is 2. The van der Waals surface area contributed by atoms with Crippen LogP contribution in [0.4, 0.5) is 11.4 Å². The van der Waals surface area contributed by atoms with Gasteiger partial charge in [-0.25, -0.2) is 9.79 Å². The molecule has 0 atom stereocenters. The van der Waals surface area contributed by atoms with E-state index in [1.165, 1.54) is 14.2 Å². The van der Waals surface area contributed by atoms with Gasteiger partial charge in [0.05, 0.1) is 29.6 Å². The van der Waals surface area contributed by atoms with Gasteiger partial charge in [-0.15, -0.1) is 0 Å². The van der Waals surface area contributed by atoms with Crippen molar-refractivity contribution in [1.29, 1.82) is 0 Å². The number of methoxy groups -OCH3 is 2. The zero-order chi connectivity index (χ0) is 25.2. The fourth-order valence-corrected chi connectivity index (χ4v) is 4.58. The van der Waals surface area contributed by atoms with Gasteiger partial charge in [0.1, 0.15) is 6.61 Å². The van der Waals surface area contributed by atoms with Crippen molar-refractivity contribution < 1.29 is 24.2 Å². The summed E-state index contributed by atoms with van der Waals surface area (Å²) in [5.74, 6) is -0.583. The summed E-state index contributed by atoms with van der Waals surface area (Å²) in [6.07, 6.45) is 0.726. The molecule has 36 heavy (non-hydrogen) atoms. The molecule has 0 saturated heterocycles. The van der Waals surface area contributed by atoms with E-state index < -0.39 is 5.97 Å². The van der Waals surface area contributed by atoms with Crippen molar-refractivity contribution in [3.8, 4) is 5.88 Å². The van der Waals surface area contributed by atoms with Crippen molar-refractivity contribution >= 4 is 39.9 Å². The first-order chi connectivity index (χ1) is 17.5. The van der Waals surface area contributed by atoms with Crippen LogP contribution in [0.3, 0.4) is 0 Å². The van der Waals surface area contributed by atoms with Crippen molar-refractivity contribution in [3.63, 3.8) is 0 Å². The van der Waals surface area contributed by atoms with Crippen LogP contribution in [0.5, 0.6) is 5.88 Å². The first-order valence-corrected chi connectivity index (χ1v) is 11.5. The van der Waals surface area contributed by atoms with E-state index in [9.17, 15) is 14.7 Å². The normalized spacial score (nSPS) is 13.2. The number of aromatic nitrogens is 1. The molecule has 0 radical (unpaired) electrons. The summed E-state index contributed by atoms with van der Waals surface area (Å²) in [6.45, 7) is 0.636. The van der Waals surface area contributed by atoms with Crippen LogP contribution in [0, 0.1) is 0 Å². The minimum atomic E-state index is -0.458. The Hall–Kier alpha value is -4.43. The molecule has 4 aromatic rings. The van der Waals surface area contributed by atoms with Gasteiger partial charge < -0.3 is 24.5 Å². The summed E-state index contributed by atoms with van der Waals surface area (Å²) < 4.78 is 9.83. The molecule has 0 spiro atoms. The molecule has 1 aliphatic rings. The van der Waals surface area contributed by atoms with Gasteiger partial charge in [-0.1, -0.05) is 36.4 Å². The molecule has 1 aromatic heterocycles. The van der Waals surface area contributed by atoms with Crippen molar-refractivity contribution in [2.75, 3.05) is 32.3 Å². The van der Waals surface area contributed by atoms with Gasteiger partial charge in [-0.2, -0.15) is 0 Å². The third-order valence-electron chi connectivity index (χ3n) is 6.25. The molecule has 0 fully saturated rings. The molecule has 5 rings (SSSR count). The predicted molar refractivity (Wildman–Crippen MR) is 137 cm³/mol. The summed E-state index contributed by atoms with van der Waals surface area (Å²) in [4.78, 5) is 34.0. The Morgan fingerprint density at radius 3 is 2.58 bits per heavy atom. The molecule has 0 bridgehead atoms. The lowest BCUT2D eigenvalue weighted by atomic mass is 10.00. The number of fused-ring (bicyclic) bond motifs is 2. The number of nitrogens with zero attached hydrogens (tertiary/aromatic N) is 2. The second-order valence-corrected chi connectivity index (χ2v) is 8.47. The van der Waals surface area contributed by atoms with Crippen LogP contribution in [0.2, 0.25) is 0 Å². The average Bonchev–Trinajstić information content (AvgIpc) is 3.47. The maximum absolute atomic E-state index is 12.4. The number of rotatable bonds is 6. The largest absolute Gasteiger partial charge is 0.494 e. The number of anilines is 1. The lowest BCUT2D eigenvalue weighted by Crippen LogP contribution is -2.31. The summed E-state index contributed by atoms with van der Waals surface area (Å²) >= 11 is 0. The Labute approximate surface area is 207 Å². The molecule has 1 aliphatic heterocycles. The Balaban J connectivity index is 1.61. The highest BCUT2D eigenvalue weighted by molar-refractivity contribution is 6.22. The number of carbonyl (C=O) groups is 2. The van der Waals surface area contributed by atoms with Gasteiger partial charge in [0, 0.05) is 35.8 Å². The minimum absolute atomic E-state index is 0.0367. The Morgan fingerprint density at radius 1 is 1.03 bits per heavy atom. The summed E-state index contributed by atoms with van der Waals surface area (Å²) in [6, 6.07) is 20.4. The molecule has 0 saturated carbocycles. The first-order valence-electron chi connectivity index (χ1n) is 11.5. The van der Waals surface area contributed by atoms with Crippen molar-refractivity contribution in [3.05, 3.63) is 89.0 Å². The number of nitrogens with one attached hydrogen (secondary N) is 1. The van der Waals surface area contributed by atoms with Crippen molar-refractivity contribution in [1.82, 2.24) is 4.98 Å². The van der Waals surface area contributed by atoms with Crippen molar-refractivity contribution in [2.45, 2.75) is 6.42 Å². The maximum Gasteiger partial charge on any atom is 0.337 e. The first kappa shape index (κ1) is 23.3. The molecule has 8 nitrogen and oxygen atoms in total. The highest BCUT2D eigenvalue weighted by Gasteiger charge is 2.25. The highest BCUT2D eigenvalue weighted by Crippen LogP contribution is 2.35. The molecule has 8 heteroatoms. The van der Waals surface area contributed by atoms with Gasteiger partial charge in [-0.05, 0) is 42.3 Å². The Bertz CT molecular complexity index is 1490. The molecule has 182 valence electrons. The van der Waals surface area contributed by atoms with E-state index in [2.05, 4.69) is 4.98 Å². The second kappa shape index (κ2) is 9.67. The molecule has 2 N–H and O–H groups in total. The van der Waals surface area contributed by atoms with E-state index in [-0.39, 0.29) is 18.4 Å². The van der Waals surface area contributed by atoms with Crippen LogP contribution in [-0.2, 0) is 20.7 Å². The van der Waals surface area contributed by atoms with Gasteiger partial charge in [-0.3, -0.25) is 4.79 Å². The minimum Gasteiger partial charge on any atom is -0.494 e. The van der Waals surface area contributed by atoms with E-state index in [4.69, 9.17) is 14.5 Å². The number of aromatic hydroxyl groups is 1. The zero-order valence-electron chi connectivity index (χ0n) is 19.9. The van der Waals surface area contributed by atoms with E-state index in [0.717, 1.165) is 28.6 Å². The number of aliphatic imine (C=N–C) groups is 1. The lowest BCUT2D eigenvalue weighted by molar-refractivity contribution is -0.122. The molecule has 3 aromatic carbocycles. The quantitative estimate of drug-likeness (QED) is 0.313. The number of benzene rings is 3. The SMILES string of the molecule is COCC(=O)N1CCc2cc(N=C(c3ccccc3)c3c(O)[nH]c4cc(C(=O)OC)ccc34)ccc21. The average molecular weight is 484 g/mol. The second-order valence-electron chi connectivity index (χ2n) is 8.47. The van der Waals surface area contributed by atoms with Gasteiger partial charge >= 0.3 is 5.97 Å². The summed E-state index contributed by atoms with van der Waals surface area (Å²) in [7, 11) is 2.84. The number of aromatic amines is 1. The molecule has 0 aliphatic carbocycles. The number of ether oxygens (including phenoxy) is 2. The standard InChI is InChI=1S/C28H25N3O5/c1-35-16-24(32)31-13-12-18-14-20(9-11-23(18)31)29-26(17-6-4-3-5-7-17)25-21-10-8-19(28(34)36-2)15-22(21)30-27(25)33/h3-11,14-15,30,33H,12-13,16H2,1-2H3. The third kappa shape index (κ3) is 4.23. The molecule has 1 amide bonds. The summed E-state index contributed by atoms with van der Waals surface area (Å²) in [5, 5.41) is 11.6. The third-order valence-corrected chi connectivity index (χ3v) is 6.25. The fraction of sp³-hybridized carbons (Fsp3) is 0.179. The Morgan fingerprint density at radius 2 is 1.83 bits per heavy atom. The van der Waals surface area contributed by atoms with Crippen LogP contribution in [0.1, 0.15) is 27.0 Å². The number of H-pyrrole nitrogens is 1. The van der Waals surface area contributed by atoms with Gasteiger partial charge in [0.15, 0.2) is 5.88 Å². The number of hydrogen-bond acceptors (Lipinski definition) is 6. The van der Waals surface area contributed by atoms with Gasteiger partial charge in [0.25, 0.3) is 5.91 Å². The Kier molecular flexibility index (Phi) is 6.26. The predicted octanol–water partition coefficient (Wildman–Crippen LogP) is 4.36. The number of esters is 1. The number of amides is 1. The van der Waals surface area contributed by atoms with E-state index >= 15 is 0 Å². The van der Waals surface area contributed by atoms with Gasteiger partial charge in [0.2, 0.25) is 0 Å². The van der Waals surface area contributed by atoms with Crippen LogP contribution in [0.15, 0.2) is 71.7 Å². The van der Waals surface area contributed by atoms with E-state index in [0.29, 0.717) is 34.6 Å². The fourth-order valence-electron chi connectivity index (χ4n) is 4.58. The van der Waals surface area contributed by atoms with Crippen LogP contribution < -0.4 is 4.90 Å². The van der Waals surface area contributed by atoms with Crippen molar-refractivity contribution in [2.24, 2.45) is 4.99 Å². The molecule has 2 heterocycles. The zero-order valence-corrected chi connectivity index (χ0v) is 19.9. The topological polar surface area (TPSA) is 104 Å².